The van der Waals surface area contributed by atoms with Crippen molar-refractivity contribution >= 4 is 26.0 Å². The summed E-state index contributed by atoms with van der Waals surface area (Å²) in [5.41, 5.74) is -5.39. The third-order valence-electron chi connectivity index (χ3n) is 1.00. The molecule has 0 saturated heterocycles. The van der Waals surface area contributed by atoms with Crippen LogP contribution in [0, 0.1) is 0 Å². The average Bonchev–Trinajstić information content (AvgIpc) is 1.83. The maximum Gasteiger partial charge on any atom is 0.534 e. The van der Waals surface area contributed by atoms with Gasteiger partial charge < -0.3 is 4.18 Å². The molecule has 0 N–H and O–H groups in total. The molecule has 0 unspecified atom stereocenters. The second-order valence-electron chi connectivity index (χ2n) is 2.07. The van der Waals surface area contributed by atoms with Crippen molar-refractivity contribution in [1.82, 2.24) is 0 Å². The molecular weight excluding hydrogens is 277 g/mol. The van der Waals surface area contributed by atoms with Gasteiger partial charge in [0.25, 0.3) is 0 Å². The lowest BCUT2D eigenvalue weighted by Gasteiger charge is -2.09. The molecule has 0 spiro atoms. The van der Waals surface area contributed by atoms with E-state index >= 15 is 0 Å². The van der Waals surface area contributed by atoms with E-state index in [2.05, 4.69) is 20.1 Å². The van der Waals surface area contributed by atoms with E-state index < -0.39 is 15.6 Å². The van der Waals surface area contributed by atoms with Crippen LogP contribution in [0.3, 0.4) is 0 Å². The van der Waals surface area contributed by atoms with Crippen LogP contribution in [-0.4, -0.2) is 13.9 Å². The van der Waals surface area contributed by atoms with Crippen LogP contribution < -0.4 is 0 Å². The molecule has 0 bridgehead atoms. The molecule has 8 heteroatoms. The maximum absolute atomic E-state index is 11.7. The van der Waals surface area contributed by atoms with Crippen molar-refractivity contribution in [2.45, 2.75) is 19.4 Å². The number of allylic oxidation sites excluding steroid dienone is 2. The van der Waals surface area contributed by atoms with Gasteiger partial charge >= 0.3 is 15.6 Å². The standard InChI is InChI=1S/C5H6BrF3O3S/c1-3(6)4(2)12-13(10,11)5(7,8)9/h1-2H3/b4-3-. The number of hydrogen-bond donors (Lipinski definition) is 0. The zero-order chi connectivity index (χ0) is 10.9. The molecule has 0 aromatic carbocycles. The highest BCUT2D eigenvalue weighted by atomic mass is 79.9. The Hall–Kier alpha value is -0.240. The largest absolute Gasteiger partial charge is 0.534 e. The van der Waals surface area contributed by atoms with Crippen molar-refractivity contribution in [2.24, 2.45) is 0 Å². The van der Waals surface area contributed by atoms with Gasteiger partial charge in [0.15, 0.2) is 0 Å². The van der Waals surface area contributed by atoms with Crippen molar-refractivity contribution in [1.29, 1.82) is 0 Å². The van der Waals surface area contributed by atoms with Gasteiger partial charge in [-0.25, -0.2) is 0 Å². The van der Waals surface area contributed by atoms with E-state index in [1.165, 1.54) is 6.92 Å². The molecule has 0 atom stereocenters. The molecule has 0 fully saturated rings. The summed E-state index contributed by atoms with van der Waals surface area (Å²) in [5, 5.41) is 0. The van der Waals surface area contributed by atoms with E-state index in [9.17, 15) is 21.6 Å². The summed E-state index contributed by atoms with van der Waals surface area (Å²) in [7, 11) is -5.53. The van der Waals surface area contributed by atoms with E-state index in [-0.39, 0.29) is 10.2 Å². The molecule has 0 aromatic heterocycles. The molecule has 0 rings (SSSR count). The predicted molar refractivity (Wildman–Crippen MR) is 43.4 cm³/mol. The lowest BCUT2D eigenvalue weighted by atomic mass is 10.5. The molecule has 3 nitrogen and oxygen atoms in total. The fourth-order valence-electron chi connectivity index (χ4n) is 0.269. The van der Waals surface area contributed by atoms with Crippen molar-refractivity contribution in [3.8, 4) is 0 Å². The summed E-state index contributed by atoms with van der Waals surface area (Å²) in [6.45, 7) is 2.47. The van der Waals surface area contributed by atoms with Gasteiger partial charge in [-0.05, 0) is 13.8 Å². The van der Waals surface area contributed by atoms with E-state index in [0.717, 1.165) is 6.92 Å². The van der Waals surface area contributed by atoms with Gasteiger partial charge in [-0.2, -0.15) is 21.6 Å². The van der Waals surface area contributed by atoms with Crippen LogP contribution in [0.15, 0.2) is 10.2 Å². The number of halogens is 4. The lowest BCUT2D eigenvalue weighted by molar-refractivity contribution is -0.0521. The first-order chi connectivity index (χ1) is 5.58. The predicted octanol–water partition coefficient (Wildman–Crippen LogP) is 2.50. The zero-order valence-corrected chi connectivity index (χ0v) is 9.05. The Balaban J connectivity index is 4.86. The Morgan fingerprint density at radius 2 is 1.69 bits per heavy atom. The van der Waals surface area contributed by atoms with E-state index in [1.54, 1.807) is 0 Å². The van der Waals surface area contributed by atoms with E-state index in [4.69, 9.17) is 0 Å². The Bertz CT molecular complexity index is 312. The summed E-state index contributed by atoms with van der Waals surface area (Å²) in [4.78, 5) is 0. The Morgan fingerprint density at radius 3 is 1.92 bits per heavy atom. The minimum absolute atomic E-state index is 0.181. The van der Waals surface area contributed by atoms with Gasteiger partial charge in [-0.3, -0.25) is 0 Å². The van der Waals surface area contributed by atoms with Crippen LogP contribution in [0.25, 0.3) is 0 Å². The van der Waals surface area contributed by atoms with Crippen molar-refractivity contribution in [2.75, 3.05) is 0 Å². The van der Waals surface area contributed by atoms with Crippen LogP contribution >= 0.6 is 15.9 Å². The van der Waals surface area contributed by atoms with Crippen LogP contribution in [0.5, 0.6) is 0 Å². The summed E-state index contributed by atoms with van der Waals surface area (Å²) < 4.78 is 59.8. The monoisotopic (exact) mass is 282 g/mol. The first kappa shape index (κ1) is 12.8. The Kier molecular flexibility index (Phi) is 3.80. The van der Waals surface area contributed by atoms with E-state index in [1.807, 2.05) is 0 Å². The highest BCUT2D eigenvalue weighted by molar-refractivity contribution is 9.11. The highest BCUT2D eigenvalue weighted by Crippen LogP contribution is 2.27. The molecule has 0 radical (unpaired) electrons. The molecule has 78 valence electrons. The quantitative estimate of drug-likeness (QED) is 0.444. The Labute approximate surface area is 81.8 Å². The first-order valence-corrected chi connectivity index (χ1v) is 5.12. The van der Waals surface area contributed by atoms with Crippen molar-refractivity contribution in [3.63, 3.8) is 0 Å². The van der Waals surface area contributed by atoms with Crippen LogP contribution in [-0.2, 0) is 14.3 Å². The third kappa shape index (κ3) is 3.55. The SMILES string of the molecule is C/C(Br)=C(\C)OS(=O)(=O)C(F)(F)F. The minimum Gasteiger partial charge on any atom is -0.380 e. The second-order valence-corrected chi connectivity index (χ2v) is 4.80. The van der Waals surface area contributed by atoms with E-state index in [0.29, 0.717) is 0 Å². The summed E-state index contributed by atoms with van der Waals surface area (Å²) in [6, 6.07) is 0. The van der Waals surface area contributed by atoms with Gasteiger partial charge in [0, 0.05) is 4.48 Å². The molecule has 0 aromatic rings. The van der Waals surface area contributed by atoms with Crippen LogP contribution in [0.2, 0.25) is 0 Å². The molecule has 0 amide bonds. The normalized spacial score (nSPS) is 15.2. The number of hydrogen-bond acceptors (Lipinski definition) is 3. The zero-order valence-electron chi connectivity index (χ0n) is 6.64. The number of rotatable bonds is 2. The second kappa shape index (κ2) is 3.87. The highest BCUT2D eigenvalue weighted by Gasteiger charge is 2.48. The molecule has 0 heterocycles. The lowest BCUT2D eigenvalue weighted by Crippen LogP contribution is -2.25. The fourth-order valence-corrected chi connectivity index (χ4v) is 1.01. The smallest absolute Gasteiger partial charge is 0.380 e. The summed E-state index contributed by atoms with van der Waals surface area (Å²) in [6.07, 6.45) is 0. The van der Waals surface area contributed by atoms with Gasteiger partial charge in [0.05, 0.1) is 0 Å². The minimum atomic E-state index is -5.53. The molecule has 0 aliphatic carbocycles. The molecule has 0 aliphatic rings. The molecule has 13 heavy (non-hydrogen) atoms. The third-order valence-corrected chi connectivity index (χ3v) is 2.60. The summed E-state index contributed by atoms with van der Waals surface area (Å²) in [5.74, 6) is -0.350. The Morgan fingerprint density at radius 1 is 1.31 bits per heavy atom. The van der Waals surface area contributed by atoms with Gasteiger partial charge in [-0.15, -0.1) is 0 Å². The number of alkyl halides is 3. The van der Waals surface area contributed by atoms with Crippen LogP contribution in [0.1, 0.15) is 13.8 Å². The molecule has 0 saturated carbocycles. The van der Waals surface area contributed by atoms with Gasteiger partial charge in [0.2, 0.25) is 0 Å². The van der Waals surface area contributed by atoms with Crippen molar-refractivity contribution < 1.29 is 25.8 Å². The first-order valence-electron chi connectivity index (χ1n) is 2.91. The van der Waals surface area contributed by atoms with Crippen molar-refractivity contribution in [3.05, 3.63) is 10.2 Å². The maximum atomic E-state index is 11.7. The molecular formula is C5H6BrF3O3S. The van der Waals surface area contributed by atoms with Gasteiger partial charge in [-0.1, -0.05) is 15.9 Å². The summed E-state index contributed by atoms with van der Waals surface area (Å²) >= 11 is 2.78. The fraction of sp³-hybridized carbons (Fsp3) is 0.600. The van der Waals surface area contributed by atoms with Crippen LogP contribution in [0.4, 0.5) is 13.2 Å². The average molecular weight is 283 g/mol. The molecule has 0 aliphatic heterocycles. The topological polar surface area (TPSA) is 43.4 Å². The van der Waals surface area contributed by atoms with Gasteiger partial charge in [0.1, 0.15) is 5.76 Å².